The van der Waals surface area contributed by atoms with Gasteiger partial charge in [0, 0.05) is 139 Å². The monoisotopic (exact) mass is 1980 g/mol. The van der Waals surface area contributed by atoms with E-state index in [9.17, 15) is 0 Å². The normalized spacial score (nSPS) is 11.9. The molecular formula is C101H148Fe4N20Si4. The quantitative estimate of drug-likeness (QED) is 0.0414. The summed E-state index contributed by atoms with van der Waals surface area (Å²) in [7, 11) is -4.42. The molecule has 0 amide bonds. The van der Waals surface area contributed by atoms with Gasteiger partial charge in [0.25, 0.3) is 0 Å². The molecular weight excluding hydrogens is 1830 g/mol. The zero-order valence-electron chi connectivity index (χ0n) is 79.2. The van der Waals surface area contributed by atoms with Gasteiger partial charge in [0.2, 0.25) is 0 Å². The average Bonchev–Trinajstić information content (AvgIpc) is 0.867. The molecule has 700 valence electrons. The van der Waals surface area contributed by atoms with Crippen LogP contribution in [-0.2, 0) is 108 Å². The second-order valence-corrected chi connectivity index (χ2v) is 53.2. The molecule has 20 nitrogen and oxygen atoms in total. The fraction of sp³-hybridized carbons (Fsp3) is 0.406. The van der Waals surface area contributed by atoms with Crippen LogP contribution in [0.3, 0.4) is 0 Å². The molecule has 0 N–H and O–H groups in total. The summed E-state index contributed by atoms with van der Waals surface area (Å²) in [5.41, 5.74) is 20.3. The van der Waals surface area contributed by atoms with E-state index in [0.717, 1.165) is 114 Å². The summed E-state index contributed by atoms with van der Waals surface area (Å²) in [5.74, 6) is 0. The average molecular weight is 1980 g/mol. The molecule has 6 unspecified atom stereocenters. The number of rotatable bonds is 28. The minimum Gasteiger partial charge on any atom is -0.668 e. The van der Waals surface area contributed by atoms with Crippen LogP contribution in [0.1, 0.15) is 214 Å². The van der Waals surface area contributed by atoms with Crippen LogP contribution in [-0.4, -0.2) is 92.7 Å². The Morgan fingerprint density at radius 3 is 0.504 bits per heavy atom. The fourth-order valence-electron chi connectivity index (χ4n) is 12.5. The molecule has 0 aromatic carbocycles. The third-order valence-electron chi connectivity index (χ3n) is 17.1. The number of nitrogens with zero attached hydrogens (tertiary/aromatic N) is 20. The molecule has 28 heteroatoms. The topological polar surface area (TPSA) is 267 Å². The van der Waals surface area contributed by atoms with E-state index in [1.807, 2.05) is 274 Å². The first kappa shape index (κ1) is 126. The Bertz CT molecular complexity index is 4250. The molecule has 0 saturated heterocycles. The summed E-state index contributed by atoms with van der Waals surface area (Å²) in [4.78, 5) is 52.7. The van der Waals surface area contributed by atoms with E-state index in [2.05, 4.69) is 196 Å². The van der Waals surface area contributed by atoms with Crippen LogP contribution >= 0.6 is 0 Å². The second kappa shape index (κ2) is 66.7. The van der Waals surface area contributed by atoms with Crippen molar-refractivity contribution in [2.45, 2.75) is 273 Å². The van der Waals surface area contributed by atoms with Crippen LogP contribution in [0.5, 0.6) is 0 Å². The van der Waals surface area contributed by atoms with Crippen molar-refractivity contribution in [3.05, 3.63) is 398 Å². The maximum absolute atomic E-state index is 4.82. The van der Waals surface area contributed by atoms with Gasteiger partial charge in [-0.15, -0.1) is 39.3 Å². The molecule has 0 fully saturated rings. The van der Waals surface area contributed by atoms with Gasteiger partial charge < -0.3 is 41.2 Å². The standard InChI is InChI=1S/C16H20N3.5C14H16N3.2C6H18NSi2.3CH4.4Fe/c1-11-7-5-9-15(17-11)13(3)19-14(4)16-10-6-8-12(2)18-16;3*1-11-5-3-7-13(16-11)9-15-10-14-8-4-6-12(2)17-14;2*1-11(13-7-3-5-9-15-13)17-12(2)14-8-4-6-10-16-14;2*1-8(2,3)7-9(4,5)6;;;;;;;/h5-10,13-14H,1-4H3;3*3-8H,9-10H2,1-2H3;2*3-12H,1-2H3;2*1-6H3;3*1H4;;;;/q8*-1;;;;4*+2. The largest absolute Gasteiger partial charge is 2.00 e. The van der Waals surface area contributed by atoms with Gasteiger partial charge in [-0.2, -0.15) is 0 Å². The molecule has 0 aliphatic carbocycles. The molecule has 0 spiro atoms. The number of aryl methyl sites for hydroxylation is 8. The zero-order valence-corrected chi connectivity index (χ0v) is 87.6. The van der Waals surface area contributed by atoms with Crippen molar-refractivity contribution in [3.63, 3.8) is 0 Å². The third kappa shape index (κ3) is 58.1. The number of hydrogen-bond acceptors (Lipinski definition) is 12. The molecule has 0 bridgehead atoms. The van der Waals surface area contributed by atoms with E-state index in [0.29, 0.717) is 39.3 Å². The molecule has 0 radical (unpaired) electrons. The second-order valence-electron chi connectivity index (χ2n) is 34.1. The van der Waals surface area contributed by atoms with Gasteiger partial charge in [0.15, 0.2) is 0 Å². The van der Waals surface area contributed by atoms with E-state index in [1.165, 1.54) is 0 Å². The third-order valence-corrected chi connectivity index (χ3v) is 27.9. The molecule has 6 atom stereocenters. The molecule has 12 aromatic heterocycles. The van der Waals surface area contributed by atoms with Gasteiger partial charge >= 0.3 is 68.3 Å². The molecule has 12 rings (SSSR count). The Labute approximate surface area is 825 Å². The van der Waals surface area contributed by atoms with E-state index >= 15 is 0 Å². The summed E-state index contributed by atoms with van der Waals surface area (Å²) in [6.07, 6.45) is 7.19. The van der Waals surface area contributed by atoms with Gasteiger partial charge in [-0.05, 0) is 201 Å². The first-order valence-corrected chi connectivity index (χ1v) is 56.1. The van der Waals surface area contributed by atoms with E-state index in [4.69, 9.17) is 25.2 Å². The van der Waals surface area contributed by atoms with Crippen molar-refractivity contribution in [2.75, 3.05) is 0 Å². The van der Waals surface area contributed by atoms with Crippen LogP contribution in [0.2, 0.25) is 78.6 Å². The van der Waals surface area contributed by atoms with Crippen LogP contribution in [0.4, 0.5) is 0 Å². The molecule has 0 saturated carbocycles. The van der Waals surface area contributed by atoms with E-state index in [1.54, 1.807) is 24.8 Å². The van der Waals surface area contributed by atoms with Crippen molar-refractivity contribution in [3.8, 4) is 0 Å². The maximum atomic E-state index is 4.82. The van der Waals surface area contributed by atoms with Crippen molar-refractivity contribution in [2.24, 2.45) is 0 Å². The van der Waals surface area contributed by atoms with Crippen LogP contribution < -0.4 is 0 Å². The Morgan fingerprint density at radius 2 is 0.364 bits per heavy atom. The number of pyridine rings is 12. The zero-order chi connectivity index (χ0) is 89.7. The van der Waals surface area contributed by atoms with Crippen LogP contribution in [0.15, 0.2) is 243 Å². The molecule has 0 aliphatic heterocycles. The predicted molar refractivity (Wildman–Crippen MR) is 542 cm³/mol. The molecule has 12 aromatic rings. The summed E-state index contributed by atoms with van der Waals surface area (Å²) in [6.45, 7) is 59.8. The van der Waals surface area contributed by atoms with Gasteiger partial charge in [0.1, 0.15) is 0 Å². The Hall–Kier alpha value is -7.57. The number of hydrogen-bond donors (Lipinski definition) is 0. The van der Waals surface area contributed by atoms with Gasteiger partial charge in [-0.3, -0.25) is 59.8 Å². The van der Waals surface area contributed by atoms with Gasteiger partial charge in [0.05, 0.1) is 0 Å². The summed E-state index contributed by atoms with van der Waals surface area (Å²) in [6, 6.07) is 72.3. The summed E-state index contributed by atoms with van der Waals surface area (Å²) >= 11 is 0. The van der Waals surface area contributed by atoms with E-state index < -0.39 is 32.9 Å². The van der Waals surface area contributed by atoms with Gasteiger partial charge in [-0.1, -0.05) is 284 Å². The van der Waals surface area contributed by atoms with Crippen LogP contribution in [0.25, 0.3) is 41.2 Å². The summed E-state index contributed by atoms with van der Waals surface area (Å²) < 4.78 is 9.64. The SMILES string of the molecule is C.C.C.CC([N-]C(C)c1ccccn1)c1ccccn1.CC([N-]C(C)c1ccccn1)c1ccccn1.C[Si](C)(C)[N-][Si](C)(C)C.C[Si](C)(C)[N-][Si](C)(C)C.Cc1cccc(C(C)[N-]C(C)c2cccc(C)n2)n1.Cc1cccc(C[N-]Cc2cccc(C)n2)n1.Cc1cccc(C[N-]Cc2cccc(C)n2)n1.Cc1cccc(C[N-]Cc2cccc(C)n2)n1.[Fe+2].[Fe+2].[Fe+2].[Fe+2]. The minimum atomic E-state index is -1.11. The predicted octanol–water partition coefficient (Wildman–Crippen LogP) is 29.1. The van der Waals surface area contributed by atoms with Crippen LogP contribution in [0, 0.1) is 55.4 Å². The first-order chi connectivity index (χ1) is 57.7. The fourth-order valence-corrected chi connectivity index (χ4v) is 28.6. The van der Waals surface area contributed by atoms with Crippen molar-refractivity contribution < 1.29 is 68.3 Å². The molecule has 12 heterocycles. The van der Waals surface area contributed by atoms with Crippen molar-refractivity contribution in [1.82, 2.24) is 59.8 Å². The van der Waals surface area contributed by atoms with Crippen molar-refractivity contribution in [1.29, 1.82) is 0 Å². The smallest absolute Gasteiger partial charge is 0.668 e. The minimum absolute atomic E-state index is 0. The number of aromatic nitrogens is 12. The van der Waals surface area contributed by atoms with Crippen molar-refractivity contribution >= 4 is 32.9 Å². The Kier molecular flexibility index (Phi) is 65.0. The Morgan fingerprint density at radius 1 is 0.209 bits per heavy atom. The molecule has 129 heavy (non-hydrogen) atoms. The molecule has 0 aliphatic rings. The summed E-state index contributed by atoms with van der Waals surface area (Å²) in [5, 5.41) is 27.6. The first-order valence-electron chi connectivity index (χ1n) is 42.3. The van der Waals surface area contributed by atoms with Gasteiger partial charge in [-0.25, -0.2) is 0 Å². The Balaban J connectivity index is -0.00000141. The maximum Gasteiger partial charge on any atom is 2.00 e. The van der Waals surface area contributed by atoms with E-state index in [-0.39, 0.29) is 127 Å².